The number of aromatic nitrogens is 2. The lowest BCUT2D eigenvalue weighted by molar-refractivity contribution is -0.389. The van der Waals surface area contributed by atoms with Crippen molar-refractivity contribution in [2.24, 2.45) is 5.92 Å². The number of nitrogens with zero attached hydrogens (tertiary/aromatic N) is 4. The third-order valence-electron chi connectivity index (χ3n) is 5.59. The summed E-state index contributed by atoms with van der Waals surface area (Å²) in [5.74, 6) is 0.0397. The van der Waals surface area contributed by atoms with Gasteiger partial charge in [-0.05, 0) is 54.2 Å². The fraction of sp³-hybridized carbons (Fsp3) is 0.318. The zero-order chi connectivity index (χ0) is 22.1. The summed E-state index contributed by atoms with van der Waals surface area (Å²) in [6, 6.07) is 10.8. The van der Waals surface area contributed by atoms with Crippen LogP contribution in [0.5, 0.6) is 0 Å². The predicted octanol–water partition coefficient (Wildman–Crippen LogP) is 4.46. The molecule has 0 bridgehead atoms. The van der Waals surface area contributed by atoms with Gasteiger partial charge >= 0.3 is 5.82 Å². The minimum atomic E-state index is -0.537. The Morgan fingerprint density at radius 2 is 2.23 bits per heavy atom. The average Bonchev–Trinajstić information content (AvgIpc) is 3.27. The number of fused-ring (bicyclic) bond motifs is 1. The number of aryl methyl sites for hydroxylation is 1. The third-order valence-corrected chi connectivity index (χ3v) is 6.76. The zero-order valence-corrected chi connectivity index (χ0v) is 18.0. The molecule has 1 aromatic carbocycles. The van der Waals surface area contributed by atoms with Crippen LogP contribution in [0.2, 0.25) is 0 Å². The Morgan fingerprint density at radius 1 is 1.45 bits per heavy atom. The lowest BCUT2D eigenvalue weighted by atomic mass is 9.88. The lowest BCUT2D eigenvalue weighted by Gasteiger charge is -2.17. The molecule has 1 unspecified atom stereocenters. The van der Waals surface area contributed by atoms with Gasteiger partial charge in [0, 0.05) is 10.4 Å². The second-order valence-corrected chi connectivity index (χ2v) is 8.94. The molecule has 1 atom stereocenters. The summed E-state index contributed by atoms with van der Waals surface area (Å²) >= 11 is 1.49. The summed E-state index contributed by atoms with van der Waals surface area (Å²) < 4.78 is 1.51. The van der Waals surface area contributed by atoms with Crippen LogP contribution in [0.3, 0.4) is 0 Å². The van der Waals surface area contributed by atoms with Crippen molar-refractivity contribution in [3.63, 3.8) is 0 Å². The highest BCUT2D eigenvalue weighted by Crippen LogP contribution is 2.39. The van der Waals surface area contributed by atoms with Crippen LogP contribution in [0, 0.1) is 34.3 Å². The Balaban J connectivity index is 1.61. The van der Waals surface area contributed by atoms with E-state index < -0.39 is 4.92 Å². The number of rotatable bonds is 5. The minimum Gasteiger partial charge on any atom is -0.358 e. The van der Waals surface area contributed by atoms with Crippen LogP contribution in [-0.2, 0) is 19.4 Å². The van der Waals surface area contributed by atoms with Gasteiger partial charge < -0.3 is 15.4 Å². The van der Waals surface area contributed by atoms with Gasteiger partial charge in [0.1, 0.15) is 11.1 Å². The summed E-state index contributed by atoms with van der Waals surface area (Å²) in [4.78, 5) is 24.8. The molecule has 1 aliphatic carbocycles. The molecular weight excluding hydrogens is 414 g/mol. The number of carbonyl (C=O) groups is 1. The molecule has 0 saturated heterocycles. The first kappa shape index (κ1) is 20.8. The SMILES string of the molecule is Cc1cc([N+](=O)[O-])nn1Cc1ccccc1C(=O)Nc1sc2c(c1C#N)CCC(C)C2. The molecule has 0 saturated carbocycles. The molecule has 1 N–H and O–H groups in total. The largest absolute Gasteiger partial charge is 0.390 e. The zero-order valence-electron chi connectivity index (χ0n) is 17.2. The number of amides is 1. The normalized spacial score (nSPS) is 15.2. The van der Waals surface area contributed by atoms with Crippen LogP contribution in [0.1, 0.15) is 51.0 Å². The number of anilines is 1. The van der Waals surface area contributed by atoms with E-state index in [1.807, 2.05) is 6.07 Å². The van der Waals surface area contributed by atoms with Crippen molar-refractivity contribution in [1.82, 2.24) is 9.78 Å². The molecular formula is C22H21N5O3S. The number of thiophene rings is 1. The summed E-state index contributed by atoms with van der Waals surface area (Å²) in [5, 5.41) is 28.2. The number of carbonyl (C=O) groups excluding carboxylic acids is 1. The van der Waals surface area contributed by atoms with Crippen LogP contribution in [0.15, 0.2) is 30.3 Å². The molecule has 1 aliphatic rings. The molecule has 3 aromatic rings. The standard InChI is InChI=1S/C22H21N5O3S/c1-13-7-8-17-18(11-23)22(31-19(17)9-13)24-21(28)16-6-4-3-5-15(16)12-26-14(2)10-20(25-26)27(29)30/h3-6,10,13H,7-9,12H2,1-2H3,(H,24,28). The van der Waals surface area contributed by atoms with E-state index in [0.717, 1.165) is 24.8 Å². The van der Waals surface area contributed by atoms with E-state index in [-0.39, 0.29) is 18.3 Å². The molecule has 31 heavy (non-hydrogen) atoms. The summed E-state index contributed by atoms with van der Waals surface area (Å²) in [5.41, 5.74) is 3.40. The van der Waals surface area contributed by atoms with E-state index in [2.05, 4.69) is 23.4 Å². The van der Waals surface area contributed by atoms with Crippen LogP contribution in [-0.4, -0.2) is 20.6 Å². The number of nitrogens with one attached hydrogen (secondary N) is 1. The van der Waals surface area contributed by atoms with E-state index in [0.29, 0.717) is 33.3 Å². The maximum atomic E-state index is 13.1. The molecule has 0 aliphatic heterocycles. The van der Waals surface area contributed by atoms with Crippen molar-refractivity contribution in [1.29, 1.82) is 5.26 Å². The van der Waals surface area contributed by atoms with Gasteiger partial charge in [0.25, 0.3) is 5.91 Å². The van der Waals surface area contributed by atoms with Crippen molar-refractivity contribution in [3.8, 4) is 6.07 Å². The molecule has 0 radical (unpaired) electrons. The summed E-state index contributed by atoms with van der Waals surface area (Å²) in [6.07, 6.45) is 2.84. The van der Waals surface area contributed by atoms with E-state index >= 15 is 0 Å². The van der Waals surface area contributed by atoms with E-state index in [1.54, 1.807) is 25.1 Å². The first-order valence-corrected chi connectivity index (χ1v) is 10.8. The molecule has 9 heteroatoms. The number of nitriles is 1. The Bertz CT molecular complexity index is 1220. The fourth-order valence-corrected chi connectivity index (χ4v) is 5.27. The molecule has 0 fully saturated rings. The Hall–Kier alpha value is -3.51. The van der Waals surface area contributed by atoms with Gasteiger partial charge in [0.2, 0.25) is 0 Å². The highest BCUT2D eigenvalue weighted by molar-refractivity contribution is 7.16. The first-order chi connectivity index (χ1) is 14.9. The molecule has 158 valence electrons. The van der Waals surface area contributed by atoms with Crippen LogP contribution < -0.4 is 5.32 Å². The maximum Gasteiger partial charge on any atom is 0.390 e. The van der Waals surface area contributed by atoms with Crippen molar-refractivity contribution in [2.45, 2.75) is 39.7 Å². The number of nitro groups is 1. The van der Waals surface area contributed by atoms with Crippen molar-refractivity contribution in [2.75, 3.05) is 5.32 Å². The topological polar surface area (TPSA) is 114 Å². The second-order valence-electron chi connectivity index (χ2n) is 7.84. The number of hydrogen-bond acceptors (Lipinski definition) is 6. The van der Waals surface area contributed by atoms with Gasteiger partial charge in [-0.3, -0.25) is 4.79 Å². The highest BCUT2D eigenvalue weighted by atomic mass is 32.1. The van der Waals surface area contributed by atoms with Gasteiger partial charge in [0.15, 0.2) is 0 Å². The smallest absolute Gasteiger partial charge is 0.358 e. The van der Waals surface area contributed by atoms with Crippen LogP contribution in [0.4, 0.5) is 10.8 Å². The summed E-state index contributed by atoms with van der Waals surface area (Å²) in [6.45, 7) is 4.16. The predicted molar refractivity (Wildman–Crippen MR) is 117 cm³/mol. The van der Waals surface area contributed by atoms with E-state index in [4.69, 9.17) is 0 Å². The first-order valence-electron chi connectivity index (χ1n) is 10.00. The molecule has 0 spiro atoms. The van der Waals surface area contributed by atoms with Gasteiger partial charge in [-0.25, -0.2) is 0 Å². The molecule has 8 nitrogen and oxygen atoms in total. The van der Waals surface area contributed by atoms with Crippen LogP contribution >= 0.6 is 11.3 Å². The lowest BCUT2D eigenvalue weighted by Crippen LogP contribution is -2.16. The molecule has 4 rings (SSSR count). The number of hydrogen-bond donors (Lipinski definition) is 1. The Morgan fingerprint density at radius 3 is 2.94 bits per heavy atom. The monoisotopic (exact) mass is 435 g/mol. The summed E-state index contributed by atoms with van der Waals surface area (Å²) in [7, 11) is 0. The van der Waals surface area contributed by atoms with Gasteiger partial charge in [0.05, 0.1) is 29.0 Å². The maximum absolute atomic E-state index is 13.1. The van der Waals surface area contributed by atoms with Gasteiger partial charge in [-0.1, -0.05) is 25.1 Å². The van der Waals surface area contributed by atoms with Crippen molar-refractivity contribution < 1.29 is 9.72 Å². The number of benzene rings is 1. The average molecular weight is 436 g/mol. The highest BCUT2D eigenvalue weighted by Gasteiger charge is 2.25. The van der Waals surface area contributed by atoms with Gasteiger partial charge in [-0.2, -0.15) is 9.94 Å². The fourth-order valence-electron chi connectivity index (χ4n) is 3.91. The van der Waals surface area contributed by atoms with Crippen molar-refractivity contribution >= 4 is 28.1 Å². The van der Waals surface area contributed by atoms with Crippen molar-refractivity contribution in [3.05, 3.63) is 73.3 Å². The van der Waals surface area contributed by atoms with E-state index in [9.17, 15) is 20.2 Å². The second kappa shape index (κ2) is 8.32. The molecule has 2 aromatic heterocycles. The third kappa shape index (κ3) is 4.07. The van der Waals surface area contributed by atoms with E-state index in [1.165, 1.54) is 27.0 Å². The minimum absolute atomic E-state index is 0.225. The Labute approximate surface area is 183 Å². The van der Waals surface area contributed by atoms with Crippen LogP contribution in [0.25, 0.3) is 0 Å². The molecule has 1 amide bonds. The van der Waals surface area contributed by atoms with Gasteiger partial charge in [-0.15, -0.1) is 11.3 Å². The Kier molecular flexibility index (Phi) is 5.57. The quantitative estimate of drug-likeness (QED) is 0.469. The molecule has 2 heterocycles.